The third kappa shape index (κ3) is 4.08. The molecule has 8 aromatic carbocycles. The van der Waals surface area contributed by atoms with Gasteiger partial charge in [0.2, 0.25) is 11.8 Å². The molecule has 2 aromatic heterocycles. The minimum atomic E-state index is -3.38. The van der Waals surface area contributed by atoms with Crippen LogP contribution in [-0.2, 0) is 4.57 Å². The molecule has 48 heavy (non-hydrogen) atoms. The van der Waals surface area contributed by atoms with Crippen LogP contribution in [0.4, 0.5) is 0 Å². The van der Waals surface area contributed by atoms with E-state index < -0.39 is 7.14 Å². The maximum Gasteiger partial charge on any atom is 0.227 e. The van der Waals surface area contributed by atoms with Crippen molar-refractivity contribution in [3.63, 3.8) is 0 Å². The number of fused-ring (bicyclic) bond motifs is 2. The summed E-state index contributed by atoms with van der Waals surface area (Å²) in [5, 5.41) is 9.19. The molecule has 6 heteroatoms. The summed E-state index contributed by atoms with van der Waals surface area (Å²) >= 11 is 0. The van der Waals surface area contributed by atoms with Gasteiger partial charge in [0.15, 0.2) is 18.3 Å². The molecule has 0 radical (unpaired) electrons. The molecule has 0 spiro atoms. The Bertz CT molecular complexity index is 2620. The molecule has 0 aliphatic carbocycles. The monoisotopic (exact) mass is 636 g/mol. The molecular weight excluding hydrogens is 611 g/mol. The Labute approximate surface area is 274 Å². The fourth-order valence-electron chi connectivity index (χ4n) is 6.99. The van der Waals surface area contributed by atoms with Crippen LogP contribution < -0.4 is 15.9 Å². The van der Waals surface area contributed by atoms with Gasteiger partial charge < -0.3 is 13.4 Å². The molecular formula is C42H25N2O3P. The molecule has 0 amide bonds. The van der Waals surface area contributed by atoms with Gasteiger partial charge in [0.25, 0.3) is 0 Å². The fourth-order valence-corrected chi connectivity index (χ4v) is 9.66. The SMILES string of the molecule is O=P(c1ccc(-c2nc3ccccc3o2)cc1)(c1ccc(-c2nc3ccccc3o2)cc1)c1cc2ccc3cccc4ccc(c1)c2c34. The zero-order valence-corrected chi connectivity index (χ0v) is 26.4. The Hall–Kier alpha value is -6.03. The van der Waals surface area contributed by atoms with Gasteiger partial charge in [-0.3, -0.25) is 0 Å². The Morgan fingerprint density at radius 1 is 0.417 bits per heavy atom. The summed E-state index contributed by atoms with van der Waals surface area (Å²) in [5.74, 6) is 1.06. The Morgan fingerprint density at radius 2 is 0.854 bits per heavy atom. The summed E-state index contributed by atoms with van der Waals surface area (Å²) in [6.07, 6.45) is 0. The number of nitrogens with zero attached hydrogens (tertiary/aromatic N) is 2. The molecule has 0 fully saturated rings. The number of aromatic nitrogens is 2. The lowest BCUT2D eigenvalue weighted by atomic mass is 9.94. The van der Waals surface area contributed by atoms with Crippen molar-refractivity contribution < 1.29 is 13.4 Å². The average molecular weight is 637 g/mol. The second kappa shape index (κ2) is 10.2. The van der Waals surface area contributed by atoms with Crippen molar-refractivity contribution in [3.8, 4) is 22.9 Å². The second-order valence-electron chi connectivity index (χ2n) is 12.2. The van der Waals surface area contributed by atoms with E-state index >= 15 is 4.57 Å². The van der Waals surface area contributed by atoms with Crippen LogP contribution in [0.5, 0.6) is 0 Å². The molecule has 0 aliphatic heterocycles. The van der Waals surface area contributed by atoms with Crippen molar-refractivity contribution in [1.82, 2.24) is 9.97 Å². The summed E-state index contributed by atoms with van der Waals surface area (Å²) in [7, 11) is -3.38. The summed E-state index contributed by atoms with van der Waals surface area (Å²) in [4.78, 5) is 9.35. The molecule has 0 atom stereocenters. The first-order chi connectivity index (χ1) is 23.6. The van der Waals surface area contributed by atoms with E-state index in [-0.39, 0.29) is 0 Å². The molecule has 0 unspecified atom stereocenters. The van der Waals surface area contributed by atoms with Crippen molar-refractivity contribution in [1.29, 1.82) is 0 Å². The first-order valence-corrected chi connectivity index (χ1v) is 17.5. The summed E-state index contributed by atoms with van der Waals surface area (Å²) in [6.45, 7) is 0. The first-order valence-electron chi connectivity index (χ1n) is 15.8. The van der Waals surface area contributed by atoms with Crippen LogP contribution in [0.25, 0.3) is 77.4 Å². The van der Waals surface area contributed by atoms with Gasteiger partial charge in [-0.1, -0.05) is 91.0 Å². The maximum absolute atomic E-state index is 15.9. The fraction of sp³-hybridized carbons (Fsp3) is 0. The Balaban J connectivity index is 1.15. The number of benzene rings is 8. The molecule has 2 heterocycles. The molecule has 0 N–H and O–H groups in total. The number of para-hydroxylation sites is 4. The van der Waals surface area contributed by atoms with Crippen LogP contribution in [-0.4, -0.2) is 9.97 Å². The van der Waals surface area contributed by atoms with Gasteiger partial charge in [-0.15, -0.1) is 0 Å². The lowest BCUT2D eigenvalue weighted by molar-refractivity contribution is 0.592. The molecule has 10 rings (SSSR count). The van der Waals surface area contributed by atoms with E-state index in [2.05, 4.69) is 64.6 Å². The van der Waals surface area contributed by atoms with E-state index in [4.69, 9.17) is 8.83 Å². The number of hydrogen-bond donors (Lipinski definition) is 0. The number of hydrogen-bond acceptors (Lipinski definition) is 5. The van der Waals surface area contributed by atoms with E-state index in [0.717, 1.165) is 60.0 Å². The van der Waals surface area contributed by atoms with Crippen molar-refractivity contribution in [3.05, 3.63) is 152 Å². The highest BCUT2D eigenvalue weighted by Crippen LogP contribution is 2.45. The van der Waals surface area contributed by atoms with Gasteiger partial charge in [-0.05, 0) is 93.0 Å². The highest BCUT2D eigenvalue weighted by Gasteiger charge is 2.31. The highest BCUT2D eigenvalue weighted by molar-refractivity contribution is 7.85. The lowest BCUT2D eigenvalue weighted by Crippen LogP contribution is -2.25. The zero-order chi connectivity index (χ0) is 31.8. The van der Waals surface area contributed by atoms with E-state index in [1.54, 1.807) is 0 Å². The summed E-state index contributed by atoms with van der Waals surface area (Å²) in [6, 6.07) is 50.2. The quantitative estimate of drug-likeness (QED) is 0.139. The van der Waals surface area contributed by atoms with Crippen molar-refractivity contribution in [2.45, 2.75) is 0 Å². The van der Waals surface area contributed by atoms with Crippen molar-refractivity contribution in [2.75, 3.05) is 0 Å². The normalized spacial score (nSPS) is 12.2. The summed E-state index contributed by atoms with van der Waals surface area (Å²) in [5.41, 5.74) is 4.71. The Kier molecular flexibility index (Phi) is 5.78. The molecule has 0 saturated carbocycles. The number of rotatable bonds is 5. The zero-order valence-electron chi connectivity index (χ0n) is 25.5. The lowest BCUT2D eigenvalue weighted by Gasteiger charge is -2.22. The average Bonchev–Trinajstić information content (AvgIpc) is 3.79. The molecule has 0 aliphatic rings. The van der Waals surface area contributed by atoms with E-state index in [9.17, 15) is 0 Å². The van der Waals surface area contributed by atoms with E-state index in [0.29, 0.717) is 11.8 Å². The van der Waals surface area contributed by atoms with Gasteiger partial charge >= 0.3 is 0 Å². The largest absolute Gasteiger partial charge is 0.436 e. The van der Waals surface area contributed by atoms with E-state index in [1.807, 2.05) is 97.1 Å². The molecule has 0 saturated heterocycles. The molecule has 0 bridgehead atoms. The third-order valence-corrected chi connectivity index (χ3v) is 12.4. The molecule has 226 valence electrons. The van der Waals surface area contributed by atoms with Crippen LogP contribution in [0.1, 0.15) is 0 Å². The first kappa shape index (κ1) is 27.1. The predicted octanol–water partition coefficient (Wildman–Crippen LogP) is 9.84. The van der Waals surface area contributed by atoms with E-state index in [1.165, 1.54) is 21.5 Å². The standard InChI is InChI=1S/C42H25N2O3P/c45-48(32-20-16-28(17-21-32)41-43-35-8-1-3-10-37(35)46-41,33-22-18-29(19-23-33)42-44-36-9-2-4-11-38(36)47-42)34-24-30-14-12-26-6-5-7-27-13-15-31(25-34)40(30)39(26)27/h1-25H. The van der Waals surface area contributed by atoms with Crippen LogP contribution in [0.15, 0.2) is 160 Å². The topological polar surface area (TPSA) is 69.1 Å². The van der Waals surface area contributed by atoms with Crippen LogP contribution >= 0.6 is 7.14 Å². The second-order valence-corrected chi connectivity index (χ2v) is 14.9. The van der Waals surface area contributed by atoms with Crippen LogP contribution in [0.2, 0.25) is 0 Å². The molecule has 10 aromatic rings. The van der Waals surface area contributed by atoms with Gasteiger partial charge in [-0.25, -0.2) is 9.97 Å². The third-order valence-electron chi connectivity index (χ3n) is 9.36. The van der Waals surface area contributed by atoms with Gasteiger partial charge in [-0.2, -0.15) is 0 Å². The number of oxazole rings is 2. The maximum atomic E-state index is 15.9. The highest BCUT2D eigenvalue weighted by atomic mass is 31.2. The van der Waals surface area contributed by atoms with Gasteiger partial charge in [0, 0.05) is 27.0 Å². The van der Waals surface area contributed by atoms with Gasteiger partial charge in [0.05, 0.1) is 0 Å². The predicted molar refractivity (Wildman–Crippen MR) is 196 cm³/mol. The molecule has 5 nitrogen and oxygen atoms in total. The van der Waals surface area contributed by atoms with Gasteiger partial charge in [0.1, 0.15) is 11.0 Å². The van der Waals surface area contributed by atoms with Crippen LogP contribution in [0, 0.1) is 0 Å². The van der Waals surface area contributed by atoms with Crippen molar-refractivity contribution in [2.24, 2.45) is 0 Å². The smallest absolute Gasteiger partial charge is 0.227 e. The van der Waals surface area contributed by atoms with Crippen molar-refractivity contribution >= 4 is 77.6 Å². The minimum Gasteiger partial charge on any atom is -0.436 e. The minimum absolute atomic E-state index is 0.531. The van der Waals surface area contributed by atoms with Crippen LogP contribution in [0.3, 0.4) is 0 Å². The summed E-state index contributed by atoms with van der Waals surface area (Å²) < 4.78 is 28.0. The Morgan fingerprint density at radius 3 is 1.33 bits per heavy atom.